The number of anilines is 1. The van der Waals surface area contributed by atoms with Crippen molar-refractivity contribution in [2.75, 3.05) is 18.5 Å². The lowest BCUT2D eigenvalue weighted by Gasteiger charge is -2.22. The number of nitrogens with zero attached hydrogens (tertiary/aromatic N) is 5. The molecular weight excluding hydrogens is 444 g/mol. The lowest BCUT2D eigenvalue weighted by atomic mass is 10.0. The average Bonchev–Trinajstić information content (AvgIpc) is 3.61. The van der Waals surface area contributed by atoms with Gasteiger partial charge in [-0.2, -0.15) is 5.10 Å². The summed E-state index contributed by atoms with van der Waals surface area (Å²) in [7, 11) is 0. The maximum absolute atomic E-state index is 12.5. The molecule has 1 N–H and O–H groups in total. The van der Waals surface area contributed by atoms with Gasteiger partial charge in [0.1, 0.15) is 0 Å². The average molecular weight is 471 g/mol. The van der Waals surface area contributed by atoms with E-state index in [1.807, 2.05) is 41.2 Å². The number of aromatic nitrogens is 5. The molecule has 1 amide bonds. The minimum atomic E-state index is -0.212. The van der Waals surface area contributed by atoms with E-state index >= 15 is 0 Å². The van der Waals surface area contributed by atoms with E-state index < -0.39 is 0 Å². The number of rotatable bonds is 8. The van der Waals surface area contributed by atoms with Gasteiger partial charge in [-0.05, 0) is 54.7 Å². The Hall–Kier alpha value is -4.11. The molecule has 9 heteroatoms. The largest absolute Gasteiger partial charge is 0.428 e. The van der Waals surface area contributed by atoms with E-state index in [-0.39, 0.29) is 5.91 Å². The van der Waals surface area contributed by atoms with Gasteiger partial charge >= 0.3 is 0 Å². The van der Waals surface area contributed by atoms with E-state index in [0.29, 0.717) is 18.4 Å². The monoisotopic (exact) mass is 470 g/mol. The second-order valence-corrected chi connectivity index (χ2v) is 8.37. The van der Waals surface area contributed by atoms with Crippen LogP contribution in [0.3, 0.4) is 0 Å². The van der Waals surface area contributed by atoms with E-state index in [2.05, 4.69) is 31.8 Å². The Bertz CT molecular complexity index is 1270. The predicted molar refractivity (Wildman–Crippen MR) is 130 cm³/mol. The van der Waals surface area contributed by atoms with Gasteiger partial charge in [0.25, 0.3) is 0 Å². The van der Waals surface area contributed by atoms with Crippen LogP contribution in [0.25, 0.3) is 17.2 Å². The molecule has 1 saturated heterocycles. The van der Waals surface area contributed by atoms with E-state index in [4.69, 9.17) is 9.15 Å². The molecule has 4 heterocycles. The summed E-state index contributed by atoms with van der Waals surface area (Å²) < 4.78 is 12.6. The number of ether oxygens (including phenoxy) is 1. The number of benzene rings is 1. The van der Waals surface area contributed by atoms with Crippen LogP contribution in [0.5, 0.6) is 0 Å². The Kier molecular flexibility index (Phi) is 7.05. The van der Waals surface area contributed by atoms with Crippen molar-refractivity contribution in [1.29, 1.82) is 0 Å². The van der Waals surface area contributed by atoms with E-state index in [0.717, 1.165) is 60.4 Å². The SMILES string of the molecule is O=C(/C=C/c1cnccc1-c1cnn(C2CCOCC2)c1)Nc1ccc(CCc2nnco2)cc1. The van der Waals surface area contributed by atoms with Crippen molar-refractivity contribution in [3.05, 3.63) is 84.6 Å². The second-order valence-electron chi connectivity index (χ2n) is 8.37. The molecule has 3 aromatic heterocycles. The molecule has 0 unspecified atom stereocenters. The number of aryl methyl sites for hydroxylation is 2. The number of carbonyl (C=O) groups is 1. The predicted octanol–water partition coefficient (Wildman–Crippen LogP) is 4.12. The molecule has 1 aliphatic rings. The van der Waals surface area contributed by atoms with Crippen LogP contribution in [0.2, 0.25) is 0 Å². The van der Waals surface area contributed by atoms with Crippen LogP contribution in [0.15, 0.2) is 72.0 Å². The second kappa shape index (κ2) is 10.9. The fourth-order valence-corrected chi connectivity index (χ4v) is 4.09. The molecule has 1 fully saturated rings. The van der Waals surface area contributed by atoms with Crippen molar-refractivity contribution in [1.82, 2.24) is 25.0 Å². The van der Waals surface area contributed by atoms with Crippen LogP contribution in [-0.4, -0.2) is 44.1 Å². The number of nitrogens with one attached hydrogen (secondary N) is 1. The highest BCUT2D eigenvalue weighted by Crippen LogP contribution is 2.27. The summed E-state index contributed by atoms with van der Waals surface area (Å²) in [4.78, 5) is 16.8. The molecule has 5 rings (SSSR count). The summed E-state index contributed by atoms with van der Waals surface area (Å²) in [6.45, 7) is 1.53. The van der Waals surface area contributed by atoms with E-state index in [1.54, 1.807) is 18.5 Å². The topological polar surface area (TPSA) is 108 Å². The minimum Gasteiger partial charge on any atom is -0.428 e. The number of hydrogen-bond donors (Lipinski definition) is 1. The molecular formula is C26H26N6O3. The maximum atomic E-state index is 12.5. The molecule has 0 bridgehead atoms. The third-order valence-electron chi connectivity index (χ3n) is 6.00. The highest BCUT2D eigenvalue weighted by Gasteiger charge is 2.17. The van der Waals surface area contributed by atoms with Crippen molar-refractivity contribution in [3.8, 4) is 11.1 Å². The fraction of sp³-hybridized carbons (Fsp3) is 0.269. The number of hydrogen-bond acceptors (Lipinski definition) is 7. The zero-order valence-electron chi connectivity index (χ0n) is 19.2. The Morgan fingerprint density at radius 3 is 2.77 bits per heavy atom. The van der Waals surface area contributed by atoms with Gasteiger partial charge in [0.05, 0.1) is 12.2 Å². The van der Waals surface area contributed by atoms with Crippen LogP contribution in [0, 0.1) is 0 Å². The first-order valence-electron chi connectivity index (χ1n) is 11.6. The molecule has 4 aromatic rings. The molecule has 0 saturated carbocycles. The smallest absolute Gasteiger partial charge is 0.248 e. The highest BCUT2D eigenvalue weighted by molar-refractivity contribution is 6.02. The Morgan fingerprint density at radius 1 is 1.11 bits per heavy atom. The molecule has 0 aliphatic carbocycles. The van der Waals surface area contributed by atoms with Gasteiger partial charge in [-0.3, -0.25) is 14.5 Å². The summed E-state index contributed by atoms with van der Waals surface area (Å²) in [6, 6.07) is 10.0. The summed E-state index contributed by atoms with van der Waals surface area (Å²) in [6.07, 6.45) is 15.4. The molecule has 0 atom stereocenters. The quantitative estimate of drug-likeness (QED) is 0.386. The molecule has 0 spiro atoms. The van der Waals surface area contributed by atoms with Crippen LogP contribution in [0.1, 0.15) is 35.9 Å². The molecule has 1 aliphatic heterocycles. The van der Waals surface area contributed by atoms with Crippen molar-refractivity contribution in [2.45, 2.75) is 31.7 Å². The van der Waals surface area contributed by atoms with Gasteiger partial charge in [-0.25, -0.2) is 0 Å². The summed E-state index contributed by atoms with van der Waals surface area (Å²) >= 11 is 0. The maximum Gasteiger partial charge on any atom is 0.248 e. The first-order chi connectivity index (χ1) is 17.2. The van der Waals surface area contributed by atoms with Gasteiger partial charge in [-0.15, -0.1) is 10.2 Å². The number of pyridine rings is 1. The van der Waals surface area contributed by atoms with Gasteiger partial charge in [0.15, 0.2) is 0 Å². The van der Waals surface area contributed by atoms with E-state index in [1.165, 1.54) is 12.5 Å². The Morgan fingerprint density at radius 2 is 1.97 bits per heavy atom. The number of carbonyl (C=O) groups excluding carboxylic acids is 1. The van der Waals surface area contributed by atoms with Gasteiger partial charge in [0.2, 0.25) is 18.2 Å². The van der Waals surface area contributed by atoms with Gasteiger partial charge in [-0.1, -0.05) is 12.1 Å². The molecule has 35 heavy (non-hydrogen) atoms. The standard InChI is InChI=1S/C26H26N6O3/c33-25(30-22-5-1-19(2-6-22)3-8-26-31-28-18-35-26)7-4-20-15-27-12-9-24(20)21-16-29-32(17-21)23-10-13-34-14-11-23/h1-2,4-7,9,12,15-18,23H,3,8,10-11,13-14H2,(H,30,33)/b7-4+. The fourth-order valence-electron chi connectivity index (χ4n) is 4.09. The zero-order valence-corrected chi connectivity index (χ0v) is 19.2. The first-order valence-corrected chi connectivity index (χ1v) is 11.6. The van der Waals surface area contributed by atoms with Crippen molar-refractivity contribution < 1.29 is 13.9 Å². The normalized spacial score (nSPS) is 14.4. The zero-order chi connectivity index (χ0) is 23.9. The van der Waals surface area contributed by atoms with Crippen LogP contribution >= 0.6 is 0 Å². The minimum absolute atomic E-state index is 0.212. The molecule has 9 nitrogen and oxygen atoms in total. The first kappa shape index (κ1) is 22.7. The highest BCUT2D eigenvalue weighted by atomic mass is 16.5. The molecule has 1 aromatic carbocycles. The van der Waals surface area contributed by atoms with Crippen molar-refractivity contribution >= 4 is 17.7 Å². The van der Waals surface area contributed by atoms with Crippen molar-refractivity contribution in [3.63, 3.8) is 0 Å². The number of amides is 1. The van der Waals surface area contributed by atoms with Crippen LogP contribution in [-0.2, 0) is 22.4 Å². The van der Waals surface area contributed by atoms with Gasteiger partial charge in [0, 0.05) is 61.1 Å². The third-order valence-corrected chi connectivity index (χ3v) is 6.00. The lowest BCUT2D eigenvalue weighted by Crippen LogP contribution is -2.19. The Balaban J connectivity index is 1.21. The summed E-state index contributed by atoms with van der Waals surface area (Å²) in [5.41, 5.74) is 4.68. The van der Waals surface area contributed by atoms with Crippen molar-refractivity contribution in [2.24, 2.45) is 0 Å². The summed E-state index contributed by atoms with van der Waals surface area (Å²) in [5, 5.41) is 15.0. The lowest BCUT2D eigenvalue weighted by molar-refractivity contribution is -0.111. The van der Waals surface area contributed by atoms with Crippen LogP contribution in [0.4, 0.5) is 5.69 Å². The Labute approximate surface area is 202 Å². The molecule has 178 valence electrons. The van der Waals surface area contributed by atoms with Crippen LogP contribution < -0.4 is 5.32 Å². The third kappa shape index (κ3) is 5.88. The molecule has 0 radical (unpaired) electrons. The van der Waals surface area contributed by atoms with E-state index in [9.17, 15) is 4.79 Å². The van der Waals surface area contributed by atoms with Gasteiger partial charge < -0.3 is 14.5 Å². The summed E-state index contributed by atoms with van der Waals surface area (Å²) in [5.74, 6) is 0.398.